The monoisotopic (exact) mass is 285 g/mol. The van der Waals surface area contributed by atoms with Crippen LogP contribution in [0.3, 0.4) is 0 Å². The number of sulfone groups is 1. The Hall–Kier alpha value is -1.07. The minimum absolute atomic E-state index is 0.0119. The minimum atomic E-state index is -3.01. The molecule has 2 aliphatic heterocycles. The van der Waals surface area contributed by atoms with Crippen molar-refractivity contribution in [1.82, 2.24) is 0 Å². The topological polar surface area (TPSA) is 54.5 Å². The highest BCUT2D eigenvalue weighted by Gasteiger charge is 2.49. The predicted octanol–water partition coefficient (Wildman–Crippen LogP) is 1.49. The number of anilines is 1. The van der Waals surface area contributed by atoms with Crippen LogP contribution in [0, 0.1) is 5.92 Å². The van der Waals surface area contributed by atoms with Crippen molar-refractivity contribution < 1.29 is 13.2 Å². The highest BCUT2D eigenvalue weighted by molar-refractivity contribution is 7.91. The molecule has 2 heterocycles. The minimum Gasteiger partial charge on any atom is -0.308 e. The van der Waals surface area contributed by atoms with Crippen LogP contribution in [-0.4, -0.2) is 31.9 Å². The van der Waals surface area contributed by atoms with E-state index in [0.29, 0.717) is 17.1 Å². The van der Waals surface area contributed by atoms with Crippen LogP contribution in [0.2, 0.25) is 5.02 Å². The number of hydrogen-bond acceptors (Lipinski definition) is 3. The zero-order valence-electron chi connectivity index (χ0n) is 9.54. The van der Waals surface area contributed by atoms with E-state index in [2.05, 4.69) is 0 Å². The van der Waals surface area contributed by atoms with Crippen LogP contribution >= 0.6 is 11.6 Å². The average molecular weight is 286 g/mol. The van der Waals surface area contributed by atoms with Crippen molar-refractivity contribution in [1.29, 1.82) is 0 Å². The van der Waals surface area contributed by atoms with E-state index in [1.165, 1.54) is 0 Å². The zero-order chi connectivity index (χ0) is 12.9. The lowest BCUT2D eigenvalue weighted by molar-refractivity contribution is -0.117. The molecule has 0 bridgehead atoms. The van der Waals surface area contributed by atoms with Crippen LogP contribution in [0.15, 0.2) is 24.3 Å². The molecule has 0 spiro atoms. The molecule has 0 N–H and O–H groups in total. The van der Waals surface area contributed by atoms with Crippen molar-refractivity contribution in [3.63, 3.8) is 0 Å². The van der Waals surface area contributed by atoms with Gasteiger partial charge >= 0.3 is 0 Å². The van der Waals surface area contributed by atoms with E-state index in [0.717, 1.165) is 0 Å². The van der Waals surface area contributed by atoms with Crippen LogP contribution < -0.4 is 4.90 Å². The van der Waals surface area contributed by atoms with Gasteiger partial charge in [-0.2, -0.15) is 0 Å². The third-order valence-electron chi connectivity index (χ3n) is 3.56. The van der Waals surface area contributed by atoms with E-state index in [9.17, 15) is 13.2 Å². The van der Waals surface area contributed by atoms with Gasteiger partial charge in [-0.15, -0.1) is 0 Å². The summed E-state index contributed by atoms with van der Waals surface area (Å²) in [5, 5.41) is 0.546. The zero-order valence-corrected chi connectivity index (χ0v) is 11.1. The molecule has 2 unspecified atom stereocenters. The summed E-state index contributed by atoms with van der Waals surface area (Å²) in [5.74, 6) is 0.111. The van der Waals surface area contributed by atoms with E-state index in [1.807, 2.05) is 0 Å². The summed E-state index contributed by atoms with van der Waals surface area (Å²) in [6.45, 7) is 0. The number of carbonyl (C=O) groups excluding carboxylic acids is 1. The third-order valence-corrected chi connectivity index (χ3v) is 5.58. The molecule has 2 fully saturated rings. The number of fused-ring (bicyclic) bond motifs is 1. The number of nitrogens with zero attached hydrogens (tertiary/aromatic N) is 1. The van der Waals surface area contributed by atoms with E-state index in [-0.39, 0.29) is 29.4 Å². The van der Waals surface area contributed by atoms with Gasteiger partial charge in [-0.1, -0.05) is 17.7 Å². The van der Waals surface area contributed by atoms with Gasteiger partial charge in [0.15, 0.2) is 9.84 Å². The maximum absolute atomic E-state index is 12.0. The number of benzene rings is 1. The number of carbonyl (C=O) groups is 1. The van der Waals surface area contributed by atoms with Crippen LogP contribution in [-0.2, 0) is 14.6 Å². The molecule has 3 rings (SSSR count). The summed E-state index contributed by atoms with van der Waals surface area (Å²) in [7, 11) is -3.01. The lowest BCUT2D eigenvalue weighted by atomic mass is 10.1. The first-order valence-corrected chi connectivity index (χ1v) is 7.94. The third kappa shape index (κ3) is 1.91. The Balaban J connectivity index is 1.99. The Bertz CT molecular complexity index is 614. The summed E-state index contributed by atoms with van der Waals surface area (Å²) >= 11 is 5.91. The fourth-order valence-corrected chi connectivity index (χ4v) is 5.11. The molecule has 0 radical (unpaired) electrons. The van der Waals surface area contributed by atoms with Crippen molar-refractivity contribution >= 4 is 33.0 Å². The standard InChI is InChI=1S/C12H12ClNO3S/c13-9-2-1-3-10(5-9)14-11-7-18(16,17)6-8(11)4-12(14)15/h1-3,5,8,11H,4,6-7H2. The molecule has 0 aromatic heterocycles. The maximum atomic E-state index is 12.0. The summed E-state index contributed by atoms with van der Waals surface area (Å²) in [6.07, 6.45) is 0.316. The Kier molecular flexibility index (Phi) is 2.64. The van der Waals surface area contributed by atoms with Gasteiger partial charge < -0.3 is 4.90 Å². The van der Waals surface area contributed by atoms with Gasteiger partial charge in [-0.25, -0.2) is 8.42 Å². The molecule has 2 atom stereocenters. The second-order valence-electron chi connectivity index (χ2n) is 4.85. The van der Waals surface area contributed by atoms with Crippen molar-refractivity contribution in [2.45, 2.75) is 12.5 Å². The molecular weight excluding hydrogens is 274 g/mol. The van der Waals surface area contributed by atoms with Gasteiger partial charge in [0.25, 0.3) is 0 Å². The van der Waals surface area contributed by atoms with E-state index < -0.39 is 9.84 Å². The van der Waals surface area contributed by atoms with E-state index >= 15 is 0 Å². The first kappa shape index (κ1) is 12.0. The fourth-order valence-electron chi connectivity index (χ4n) is 2.85. The maximum Gasteiger partial charge on any atom is 0.227 e. The molecule has 18 heavy (non-hydrogen) atoms. The molecule has 96 valence electrons. The number of hydrogen-bond donors (Lipinski definition) is 0. The highest BCUT2D eigenvalue weighted by atomic mass is 35.5. The van der Waals surface area contributed by atoms with Crippen molar-refractivity contribution in [3.8, 4) is 0 Å². The number of rotatable bonds is 1. The van der Waals surface area contributed by atoms with Crippen LogP contribution in [0.1, 0.15) is 6.42 Å². The quantitative estimate of drug-likeness (QED) is 0.785. The molecule has 2 saturated heterocycles. The largest absolute Gasteiger partial charge is 0.308 e. The lowest BCUT2D eigenvalue weighted by Gasteiger charge is -2.23. The van der Waals surface area contributed by atoms with Gasteiger partial charge in [-0.05, 0) is 18.2 Å². The van der Waals surface area contributed by atoms with Gasteiger partial charge in [0.2, 0.25) is 5.91 Å². The average Bonchev–Trinajstić information content (AvgIpc) is 2.68. The van der Waals surface area contributed by atoms with Gasteiger partial charge in [-0.3, -0.25) is 4.79 Å². The Morgan fingerprint density at radius 1 is 1.28 bits per heavy atom. The summed E-state index contributed by atoms with van der Waals surface area (Å²) in [4.78, 5) is 13.6. The van der Waals surface area contributed by atoms with E-state index in [1.54, 1.807) is 29.2 Å². The van der Waals surface area contributed by atoms with Crippen LogP contribution in [0.25, 0.3) is 0 Å². The molecule has 4 nitrogen and oxygen atoms in total. The molecule has 1 aromatic carbocycles. The predicted molar refractivity (Wildman–Crippen MR) is 69.5 cm³/mol. The molecule has 1 amide bonds. The molecule has 2 aliphatic rings. The summed E-state index contributed by atoms with van der Waals surface area (Å²) in [6, 6.07) is 6.76. The number of halogens is 1. The van der Waals surface area contributed by atoms with E-state index in [4.69, 9.17) is 11.6 Å². The first-order chi connectivity index (χ1) is 8.46. The molecule has 0 saturated carbocycles. The SMILES string of the molecule is O=C1CC2CS(=O)(=O)CC2N1c1cccc(Cl)c1. The molecule has 0 aliphatic carbocycles. The van der Waals surface area contributed by atoms with Crippen molar-refractivity contribution in [3.05, 3.63) is 29.3 Å². The highest BCUT2D eigenvalue weighted by Crippen LogP contribution is 2.37. The second kappa shape index (κ2) is 3.96. The molecular formula is C12H12ClNO3S. The number of amides is 1. The molecule has 6 heteroatoms. The van der Waals surface area contributed by atoms with Gasteiger partial charge in [0.05, 0.1) is 17.5 Å². The Morgan fingerprint density at radius 2 is 2.06 bits per heavy atom. The van der Waals surface area contributed by atoms with Crippen LogP contribution in [0.4, 0.5) is 5.69 Å². The summed E-state index contributed by atoms with van der Waals surface area (Å²) < 4.78 is 23.3. The van der Waals surface area contributed by atoms with Crippen molar-refractivity contribution in [2.24, 2.45) is 5.92 Å². The van der Waals surface area contributed by atoms with Crippen LogP contribution in [0.5, 0.6) is 0 Å². The Morgan fingerprint density at radius 3 is 2.78 bits per heavy atom. The van der Waals surface area contributed by atoms with Gasteiger partial charge in [0.1, 0.15) is 0 Å². The fraction of sp³-hybridized carbons (Fsp3) is 0.417. The normalized spacial score (nSPS) is 29.6. The Labute approximate surface area is 110 Å². The smallest absolute Gasteiger partial charge is 0.227 e. The van der Waals surface area contributed by atoms with Crippen molar-refractivity contribution in [2.75, 3.05) is 16.4 Å². The lowest BCUT2D eigenvalue weighted by Crippen LogP contribution is -2.36. The van der Waals surface area contributed by atoms with Gasteiger partial charge in [0, 0.05) is 23.0 Å². The second-order valence-corrected chi connectivity index (χ2v) is 7.44. The molecule has 1 aromatic rings. The summed E-state index contributed by atoms with van der Waals surface area (Å²) in [5.41, 5.74) is 0.692. The first-order valence-electron chi connectivity index (χ1n) is 5.74.